The molecule has 1 amide bonds. The number of halogens is 1. The van der Waals surface area contributed by atoms with E-state index >= 15 is 0 Å². The molecule has 0 aliphatic carbocycles. The summed E-state index contributed by atoms with van der Waals surface area (Å²) in [7, 11) is 1.32. The number of allylic oxidation sites excluding steroid dienone is 1. The molecular formula is C25H27BrN4O4S. The van der Waals surface area contributed by atoms with Crippen LogP contribution in [-0.2, 0) is 22.5 Å². The van der Waals surface area contributed by atoms with E-state index in [0.29, 0.717) is 36.0 Å². The number of aryl methyl sites for hydroxylation is 2. The third-order valence-electron chi connectivity index (χ3n) is 4.97. The molecule has 184 valence electrons. The molecule has 1 N–H and O–H groups in total. The molecular weight excluding hydrogens is 532 g/mol. The molecule has 0 aliphatic rings. The molecule has 0 aliphatic heterocycles. The van der Waals surface area contributed by atoms with Gasteiger partial charge in [0.2, 0.25) is 5.91 Å². The van der Waals surface area contributed by atoms with Gasteiger partial charge in [-0.25, -0.2) is 4.79 Å². The van der Waals surface area contributed by atoms with Gasteiger partial charge in [0.05, 0.1) is 25.0 Å². The molecule has 35 heavy (non-hydrogen) atoms. The van der Waals surface area contributed by atoms with Crippen LogP contribution in [0.1, 0.15) is 28.2 Å². The number of anilines is 1. The Kier molecular flexibility index (Phi) is 9.92. The van der Waals surface area contributed by atoms with Gasteiger partial charge in [-0.05, 0) is 61.4 Å². The lowest BCUT2D eigenvalue weighted by molar-refractivity contribution is -0.113. The molecule has 0 saturated heterocycles. The van der Waals surface area contributed by atoms with Crippen molar-refractivity contribution in [2.45, 2.75) is 31.5 Å². The number of aromatic nitrogens is 3. The Hall–Kier alpha value is -3.11. The average molecular weight is 559 g/mol. The number of thioether (sulfide) groups is 1. The first kappa shape index (κ1) is 26.5. The third-order valence-corrected chi connectivity index (χ3v) is 6.43. The van der Waals surface area contributed by atoms with Gasteiger partial charge in [0, 0.05) is 23.1 Å². The van der Waals surface area contributed by atoms with Crippen LogP contribution in [0.4, 0.5) is 5.69 Å². The zero-order valence-electron chi connectivity index (χ0n) is 19.6. The van der Waals surface area contributed by atoms with Gasteiger partial charge in [-0.15, -0.1) is 16.8 Å². The normalized spacial score (nSPS) is 10.6. The minimum Gasteiger partial charge on any atom is -0.493 e. The summed E-state index contributed by atoms with van der Waals surface area (Å²) in [5.74, 6) is 1.24. The lowest BCUT2D eigenvalue weighted by Crippen LogP contribution is -2.15. The molecule has 0 spiro atoms. The van der Waals surface area contributed by atoms with Crippen LogP contribution >= 0.6 is 27.7 Å². The number of benzene rings is 2. The van der Waals surface area contributed by atoms with E-state index in [4.69, 9.17) is 4.74 Å². The Bertz CT molecular complexity index is 1180. The van der Waals surface area contributed by atoms with Crippen LogP contribution in [0.15, 0.2) is 64.7 Å². The van der Waals surface area contributed by atoms with Crippen molar-refractivity contribution in [1.82, 2.24) is 14.8 Å². The molecule has 3 rings (SSSR count). The first-order chi connectivity index (χ1) is 16.9. The van der Waals surface area contributed by atoms with Crippen molar-refractivity contribution in [3.05, 3.63) is 76.5 Å². The van der Waals surface area contributed by atoms with E-state index in [0.717, 1.165) is 28.0 Å². The molecule has 8 nitrogen and oxygen atoms in total. The Balaban J connectivity index is 1.51. The standard InChI is InChI=1S/C25H27BrN4O4S/c1-4-13-30-22(6-5-14-34-21-12-9-19(26)15-17(21)2)28-29-25(30)35-16-23(31)27-20-10-7-18(8-11-20)24(32)33-3/h4,7-12,15H,1,5-6,13-14,16H2,2-3H3,(H,27,31). The zero-order chi connectivity index (χ0) is 25.2. The quantitative estimate of drug-likeness (QED) is 0.143. The fraction of sp³-hybridized carbons (Fsp3) is 0.280. The van der Waals surface area contributed by atoms with Crippen molar-refractivity contribution < 1.29 is 19.1 Å². The summed E-state index contributed by atoms with van der Waals surface area (Å²) in [6.07, 6.45) is 3.24. The van der Waals surface area contributed by atoms with Crippen LogP contribution in [0, 0.1) is 6.92 Å². The highest BCUT2D eigenvalue weighted by atomic mass is 79.9. The van der Waals surface area contributed by atoms with Crippen LogP contribution in [0.5, 0.6) is 5.75 Å². The number of nitrogens with zero attached hydrogens (tertiary/aromatic N) is 3. The Morgan fingerprint density at radius 1 is 1.20 bits per heavy atom. The van der Waals surface area contributed by atoms with Gasteiger partial charge in [-0.1, -0.05) is 33.8 Å². The SMILES string of the molecule is C=CCn1c(CCCOc2ccc(Br)cc2C)nnc1SCC(=O)Nc1ccc(C(=O)OC)cc1. The number of esters is 1. The first-order valence-corrected chi connectivity index (χ1v) is 12.7. The topological polar surface area (TPSA) is 95.3 Å². The molecule has 10 heteroatoms. The van der Waals surface area contributed by atoms with E-state index < -0.39 is 5.97 Å². The molecule has 0 bridgehead atoms. The van der Waals surface area contributed by atoms with Gasteiger partial charge in [-0.3, -0.25) is 4.79 Å². The minimum absolute atomic E-state index is 0.167. The fourth-order valence-electron chi connectivity index (χ4n) is 3.25. The number of amides is 1. The summed E-state index contributed by atoms with van der Waals surface area (Å²) in [5.41, 5.74) is 2.09. The van der Waals surface area contributed by atoms with E-state index in [2.05, 4.69) is 42.8 Å². The molecule has 0 atom stereocenters. The van der Waals surface area contributed by atoms with Crippen molar-refractivity contribution in [3.63, 3.8) is 0 Å². The number of carbonyl (C=O) groups excluding carboxylic acids is 2. The van der Waals surface area contributed by atoms with Crippen molar-refractivity contribution in [3.8, 4) is 5.75 Å². The van der Waals surface area contributed by atoms with Crippen LogP contribution in [0.3, 0.4) is 0 Å². The van der Waals surface area contributed by atoms with E-state index in [-0.39, 0.29) is 11.7 Å². The third kappa shape index (κ3) is 7.69. The van der Waals surface area contributed by atoms with Crippen LogP contribution in [0.25, 0.3) is 0 Å². The molecule has 1 aromatic heterocycles. The van der Waals surface area contributed by atoms with Gasteiger partial charge in [0.25, 0.3) is 0 Å². The summed E-state index contributed by atoms with van der Waals surface area (Å²) in [6, 6.07) is 12.4. The molecule has 0 radical (unpaired) electrons. The highest BCUT2D eigenvalue weighted by molar-refractivity contribution is 9.10. The summed E-state index contributed by atoms with van der Waals surface area (Å²) in [4.78, 5) is 23.9. The minimum atomic E-state index is -0.425. The number of ether oxygens (including phenoxy) is 2. The predicted octanol–water partition coefficient (Wildman–Crippen LogP) is 5.06. The fourth-order valence-corrected chi connectivity index (χ4v) is 4.49. The Morgan fingerprint density at radius 2 is 1.97 bits per heavy atom. The molecule has 0 unspecified atom stereocenters. The number of methoxy groups -OCH3 is 1. The highest BCUT2D eigenvalue weighted by Crippen LogP contribution is 2.23. The van der Waals surface area contributed by atoms with Crippen LogP contribution in [0.2, 0.25) is 0 Å². The number of hydrogen-bond donors (Lipinski definition) is 1. The smallest absolute Gasteiger partial charge is 0.337 e. The second-order valence-corrected chi connectivity index (χ2v) is 9.42. The molecule has 1 heterocycles. The van der Waals surface area contributed by atoms with Crippen molar-refractivity contribution in [2.24, 2.45) is 0 Å². The first-order valence-electron chi connectivity index (χ1n) is 10.9. The van der Waals surface area contributed by atoms with Gasteiger partial charge in [0.15, 0.2) is 5.16 Å². The second-order valence-electron chi connectivity index (χ2n) is 7.57. The monoisotopic (exact) mass is 558 g/mol. The maximum atomic E-state index is 12.4. The van der Waals surface area contributed by atoms with E-state index in [1.54, 1.807) is 30.3 Å². The number of carbonyl (C=O) groups is 2. The van der Waals surface area contributed by atoms with Gasteiger partial charge < -0.3 is 19.4 Å². The average Bonchev–Trinajstić information content (AvgIpc) is 3.23. The van der Waals surface area contributed by atoms with Crippen molar-refractivity contribution >= 4 is 45.3 Å². The van der Waals surface area contributed by atoms with Crippen molar-refractivity contribution in [2.75, 3.05) is 24.8 Å². The highest BCUT2D eigenvalue weighted by Gasteiger charge is 2.14. The Morgan fingerprint density at radius 3 is 2.66 bits per heavy atom. The zero-order valence-corrected chi connectivity index (χ0v) is 22.0. The second kappa shape index (κ2) is 13.1. The molecule has 0 saturated carbocycles. The summed E-state index contributed by atoms with van der Waals surface area (Å²) in [6.45, 7) is 6.94. The molecule has 2 aromatic carbocycles. The van der Waals surface area contributed by atoms with Crippen molar-refractivity contribution in [1.29, 1.82) is 0 Å². The van der Waals surface area contributed by atoms with Gasteiger partial charge >= 0.3 is 5.97 Å². The summed E-state index contributed by atoms with van der Waals surface area (Å²) in [5, 5.41) is 12.0. The maximum absolute atomic E-state index is 12.4. The molecule has 0 fully saturated rings. The summed E-state index contributed by atoms with van der Waals surface area (Å²) < 4.78 is 13.6. The van der Waals surface area contributed by atoms with E-state index in [1.165, 1.54) is 18.9 Å². The Labute approximate surface area is 217 Å². The van der Waals surface area contributed by atoms with Gasteiger partial charge in [-0.2, -0.15) is 0 Å². The number of rotatable bonds is 12. The predicted molar refractivity (Wildman–Crippen MR) is 140 cm³/mol. The lowest BCUT2D eigenvalue weighted by atomic mass is 10.2. The molecule has 3 aromatic rings. The van der Waals surface area contributed by atoms with E-state index in [1.807, 2.05) is 29.7 Å². The number of hydrogen-bond acceptors (Lipinski definition) is 7. The number of nitrogens with one attached hydrogen (secondary N) is 1. The summed E-state index contributed by atoms with van der Waals surface area (Å²) >= 11 is 4.76. The van der Waals surface area contributed by atoms with Crippen LogP contribution < -0.4 is 10.1 Å². The van der Waals surface area contributed by atoms with Gasteiger partial charge in [0.1, 0.15) is 11.6 Å². The van der Waals surface area contributed by atoms with Crippen LogP contribution in [-0.4, -0.2) is 46.1 Å². The largest absolute Gasteiger partial charge is 0.493 e. The van der Waals surface area contributed by atoms with E-state index in [9.17, 15) is 9.59 Å². The maximum Gasteiger partial charge on any atom is 0.337 e. The lowest BCUT2D eigenvalue weighted by Gasteiger charge is -2.10.